The third-order valence-corrected chi connectivity index (χ3v) is 4.78. The third-order valence-electron chi connectivity index (χ3n) is 3.80. The van der Waals surface area contributed by atoms with Crippen molar-refractivity contribution in [2.45, 2.75) is 19.9 Å². The second-order valence-electron chi connectivity index (χ2n) is 6.18. The Morgan fingerprint density at radius 1 is 1.10 bits per heavy atom. The quantitative estimate of drug-likeness (QED) is 0.509. The first kappa shape index (κ1) is 23.0. The van der Waals surface area contributed by atoms with Gasteiger partial charge in [-0.05, 0) is 29.8 Å². The first-order chi connectivity index (χ1) is 14.1. The van der Waals surface area contributed by atoms with Gasteiger partial charge in [0.1, 0.15) is 23.4 Å². The maximum Gasteiger partial charge on any atom is 0.308 e. The third kappa shape index (κ3) is 6.11. The number of rotatable bonds is 7. The van der Waals surface area contributed by atoms with Crippen molar-refractivity contribution in [2.24, 2.45) is 5.73 Å². The number of primary amides is 1. The number of hydrogen-bond acceptors (Lipinski definition) is 6. The second kappa shape index (κ2) is 9.97. The van der Waals surface area contributed by atoms with Crippen LogP contribution in [0.2, 0.25) is 0 Å². The molecule has 10 heteroatoms. The molecule has 2 amide bonds. The molecule has 0 fully saturated rings. The number of nitrogens with one attached hydrogen (secondary N) is 1. The molecule has 3 N–H and O–H groups in total. The molecule has 2 aromatic carbocycles. The minimum absolute atomic E-state index is 0.0399. The van der Waals surface area contributed by atoms with Gasteiger partial charge in [-0.3, -0.25) is 19.2 Å². The van der Waals surface area contributed by atoms with Crippen LogP contribution in [0.4, 0.5) is 8.78 Å². The van der Waals surface area contributed by atoms with E-state index in [0.29, 0.717) is 17.8 Å². The van der Waals surface area contributed by atoms with E-state index in [9.17, 15) is 28.0 Å². The molecule has 158 valence electrons. The van der Waals surface area contributed by atoms with Crippen molar-refractivity contribution >= 4 is 34.7 Å². The summed E-state index contributed by atoms with van der Waals surface area (Å²) in [6.07, 6.45) is 0. The minimum Gasteiger partial charge on any atom is -0.426 e. The van der Waals surface area contributed by atoms with Crippen LogP contribution >= 0.6 is 11.8 Å². The molecule has 0 saturated heterocycles. The highest BCUT2D eigenvalue weighted by Crippen LogP contribution is 2.31. The zero-order chi connectivity index (χ0) is 22.4. The molecule has 0 spiro atoms. The molecule has 2 aromatic rings. The van der Waals surface area contributed by atoms with Crippen molar-refractivity contribution in [1.82, 2.24) is 5.32 Å². The van der Waals surface area contributed by atoms with Crippen LogP contribution in [0.3, 0.4) is 0 Å². The molecule has 0 aliphatic carbocycles. The van der Waals surface area contributed by atoms with E-state index in [1.54, 1.807) is 0 Å². The van der Waals surface area contributed by atoms with Gasteiger partial charge in [-0.15, -0.1) is 0 Å². The summed E-state index contributed by atoms with van der Waals surface area (Å²) in [5.41, 5.74) is 5.44. The number of carbonyl (C=O) groups is 4. The van der Waals surface area contributed by atoms with E-state index in [4.69, 9.17) is 10.5 Å². The van der Waals surface area contributed by atoms with Gasteiger partial charge in [-0.2, -0.15) is 0 Å². The lowest BCUT2D eigenvalue weighted by Gasteiger charge is -2.14. The molecule has 0 unspecified atom stereocenters. The highest BCUT2D eigenvalue weighted by atomic mass is 32.2. The number of carbonyl (C=O) groups excluding carboxylic acids is 4. The molecule has 30 heavy (non-hydrogen) atoms. The summed E-state index contributed by atoms with van der Waals surface area (Å²) in [5.74, 6) is -3.82. The van der Waals surface area contributed by atoms with E-state index < -0.39 is 40.6 Å². The summed E-state index contributed by atoms with van der Waals surface area (Å²) < 4.78 is 32.4. The van der Waals surface area contributed by atoms with Crippen molar-refractivity contribution in [1.29, 1.82) is 0 Å². The van der Waals surface area contributed by atoms with E-state index in [1.807, 2.05) is 0 Å². The lowest BCUT2D eigenvalue weighted by atomic mass is 10.0. The molecule has 0 aromatic heterocycles. The fraction of sp³-hybridized carbons (Fsp3) is 0.200. The van der Waals surface area contributed by atoms with Gasteiger partial charge in [0.2, 0.25) is 16.9 Å². The summed E-state index contributed by atoms with van der Waals surface area (Å²) in [6, 6.07) is 5.92. The van der Waals surface area contributed by atoms with Gasteiger partial charge in [-0.1, -0.05) is 17.8 Å². The predicted octanol–water partition coefficient (Wildman–Crippen LogP) is 2.42. The average Bonchev–Trinajstić information content (AvgIpc) is 2.64. The standard InChI is InChI=1S/C20H18F2N2O5S/c1-10(25)24-17(19(23)27)9-30-20(28)15-7-12(3-6-18(15)29-11(2)26)14-5-4-13(21)8-16(14)22/h3-8,17H,9H2,1-2H3,(H2,23,27)(H,24,25)/t17-/m0/s1. The Bertz CT molecular complexity index is 1010. The Labute approximate surface area is 175 Å². The van der Waals surface area contributed by atoms with Crippen molar-refractivity contribution < 1.29 is 32.7 Å². The van der Waals surface area contributed by atoms with Crippen molar-refractivity contribution in [3.05, 3.63) is 53.6 Å². The molecule has 1 atom stereocenters. The molecule has 2 rings (SSSR count). The first-order valence-electron chi connectivity index (χ1n) is 8.60. The number of thioether (sulfide) groups is 1. The van der Waals surface area contributed by atoms with Crippen LogP contribution in [0.5, 0.6) is 5.75 Å². The molecule has 0 heterocycles. The second-order valence-corrected chi connectivity index (χ2v) is 7.18. The lowest BCUT2D eigenvalue weighted by molar-refractivity contribution is -0.132. The van der Waals surface area contributed by atoms with Crippen LogP contribution in [-0.4, -0.2) is 34.7 Å². The van der Waals surface area contributed by atoms with Gasteiger partial charge in [0, 0.05) is 31.2 Å². The molecule has 0 bridgehead atoms. The van der Waals surface area contributed by atoms with Crippen molar-refractivity contribution in [2.75, 3.05) is 5.75 Å². The lowest BCUT2D eigenvalue weighted by Crippen LogP contribution is -2.45. The van der Waals surface area contributed by atoms with Crippen LogP contribution in [0.25, 0.3) is 11.1 Å². The molecule has 0 radical (unpaired) electrons. The van der Waals surface area contributed by atoms with E-state index in [2.05, 4.69) is 5.32 Å². The monoisotopic (exact) mass is 436 g/mol. The highest BCUT2D eigenvalue weighted by Gasteiger charge is 2.22. The van der Waals surface area contributed by atoms with Crippen LogP contribution in [-0.2, 0) is 14.4 Å². The Kier molecular flexibility index (Phi) is 7.65. The fourth-order valence-electron chi connectivity index (χ4n) is 2.50. The summed E-state index contributed by atoms with van der Waals surface area (Å²) in [6.45, 7) is 2.34. The van der Waals surface area contributed by atoms with Gasteiger partial charge >= 0.3 is 5.97 Å². The summed E-state index contributed by atoms with van der Waals surface area (Å²) >= 11 is 0.660. The normalized spacial score (nSPS) is 11.5. The van der Waals surface area contributed by atoms with E-state index >= 15 is 0 Å². The fourth-order valence-corrected chi connectivity index (χ4v) is 3.38. The van der Waals surface area contributed by atoms with Gasteiger partial charge < -0.3 is 15.8 Å². The molecule has 0 aliphatic rings. The smallest absolute Gasteiger partial charge is 0.308 e. The van der Waals surface area contributed by atoms with E-state index in [0.717, 1.165) is 13.0 Å². The van der Waals surface area contributed by atoms with Crippen molar-refractivity contribution in [3.63, 3.8) is 0 Å². The largest absolute Gasteiger partial charge is 0.426 e. The molecular weight excluding hydrogens is 418 g/mol. The number of hydrogen-bond donors (Lipinski definition) is 2. The average molecular weight is 436 g/mol. The first-order valence-corrected chi connectivity index (χ1v) is 9.58. The van der Waals surface area contributed by atoms with Gasteiger partial charge in [0.15, 0.2) is 0 Å². The SMILES string of the molecule is CC(=O)N[C@@H](CSC(=O)c1cc(-c2ccc(F)cc2F)ccc1OC(C)=O)C(N)=O. The minimum atomic E-state index is -1.09. The van der Waals surface area contributed by atoms with Crippen LogP contribution in [0, 0.1) is 11.6 Å². The number of nitrogens with two attached hydrogens (primary N) is 1. The van der Waals surface area contributed by atoms with Crippen molar-refractivity contribution in [3.8, 4) is 16.9 Å². The Balaban J connectivity index is 2.36. The van der Waals surface area contributed by atoms with Crippen LogP contribution < -0.4 is 15.8 Å². The van der Waals surface area contributed by atoms with Gasteiger partial charge in [-0.25, -0.2) is 8.78 Å². The van der Waals surface area contributed by atoms with Crippen LogP contribution in [0.1, 0.15) is 24.2 Å². The Morgan fingerprint density at radius 3 is 2.37 bits per heavy atom. The number of amides is 2. The zero-order valence-corrected chi connectivity index (χ0v) is 16.8. The molecule has 0 aliphatic heterocycles. The number of benzene rings is 2. The summed E-state index contributed by atoms with van der Waals surface area (Å²) in [4.78, 5) is 46.7. The number of esters is 1. The number of halogens is 2. The Morgan fingerprint density at radius 2 is 1.80 bits per heavy atom. The van der Waals surface area contributed by atoms with E-state index in [1.165, 1.54) is 31.2 Å². The molecular formula is C20H18F2N2O5S. The zero-order valence-electron chi connectivity index (χ0n) is 16.0. The highest BCUT2D eigenvalue weighted by molar-refractivity contribution is 8.14. The Hall–Kier alpha value is -3.27. The van der Waals surface area contributed by atoms with Gasteiger partial charge in [0.05, 0.1) is 5.56 Å². The molecule has 0 saturated carbocycles. The maximum absolute atomic E-state index is 14.1. The van der Waals surface area contributed by atoms with E-state index in [-0.39, 0.29) is 28.2 Å². The molecule has 7 nitrogen and oxygen atoms in total. The number of ether oxygens (including phenoxy) is 1. The topological polar surface area (TPSA) is 116 Å². The van der Waals surface area contributed by atoms with Gasteiger partial charge in [0.25, 0.3) is 0 Å². The summed E-state index contributed by atoms with van der Waals surface area (Å²) in [7, 11) is 0. The predicted molar refractivity (Wildman–Crippen MR) is 107 cm³/mol. The van der Waals surface area contributed by atoms with Crippen LogP contribution in [0.15, 0.2) is 36.4 Å². The summed E-state index contributed by atoms with van der Waals surface area (Å²) in [5, 5.41) is 1.72. The maximum atomic E-state index is 14.1.